The molecular weight excluding hydrogens is 304 g/mol. The zero-order valence-electron chi connectivity index (χ0n) is 11.9. The summed E-state index contributed by atoms with van der Waals surface area (Å²) in [7, 11) is 0. The summed E-state index contributed by atoms with van der Waals surface area (Å²) < 4.78 is 6.95. The Labute approximate surface area is 124 Å². The zero-order chi connectivity index (χ0) is 13.8. The van der Waals surface area contributed by atoms with Crippen LogP contribution in [0.15, 0.2) is 22.7 Å². The number of nitrogens with zero attached hydrogens (tertiary/aromatic N) is 1. The number of anilines is 1. The molecule has 1 aromatic carbocycles. The molecule has 0 amide bonds. The van der Waals surface area contributed by atoms with Crippen LogP contribution in [0.25, 0.3) is 0 Å². The van der Waals surface area contributed by atoms with Gasteiger partial charge in [-0.1, -0.05) is 28.9 Å². The molecule has 2 rings (SSSR count). The summed E-state index contributed by atoms with van der Waals surface area (Å²) in [4.78, 5) is 2.44. The van der Waals surface area contributed by atoms with E-state index in [1.165, 1.54) is 11.3 Å². The molecule has 0 saturated carbocycles. The molecule has 2 atom stereocenters. The normalized spacial score (nSPS) is 23.7. The van der Waals surface area contributed by atoms with Gasteiger partial charge in [0.15, 0.2) is 0 Å². The first-order valence-corrected chi connectivity index (χ1v) is 7.79. The highest BCUT2D eigenvalue weighted by Gasteiger charge is 2.23. The molecule has 0 aromatic heterocycles. The molecular formula is C15H23BrN2O. The van der Waals surface area contributed by atoms with E-state index >= 15 is 0 Å². The third kappa shape index (κ3) is 3.94. The van der Waals surface area contributed by atoms with Gasteiger partial charge in [-0.15, -0.1) is 0 Å². The van der Waals surface area contributed by atoms with E-state index in [2.05, 4.69) is 65.1 Å². The third-order valence-electron chi connectivity index (χ3n) is 3.37. The summed E-state index contributed by atoms with van der Waals surface area (Å²) in [6.07, 6.45) is 0.574. The van der Waals surface area contributed by atoms with Crippen LogP contribution < -0.4 is 10.2 Å². The molecule has 1 saturated heterocycles. The molecule has 1 N–H and O–H groups in total. The predicted octanol–water partition coefficient (Wildman–Crippen LogP) is 3.17. The number of rotatable bonds is 4. The van der Waals surface area contributed by atoms with E-state index in [-0.39, 0.29) is 12.2 Å². The second kappa shape index (κ2) is 6.73. The van der Waals surface area contributed by atoms with Crippen molar-refractivity contribution in [1.29, 1.82) is 0 Å². The van der Waals surface area contributed by atoms with Crippen LogP contribution in [0.3, 0.4) is 0 Å². The maximum atomic E-state index is 5.82. The molecule has 106 valence electrons. The van der Waals surface area contributed by atoms with Crippen LogP contribution in [0.2, 0.25) is 0 Å². The van der Waals surface area contributed by atoms with Crippen LogP contribution in [0.1, 0.15) is 26.3 Å². The van der Waals surface area contributed by atoms with E-state index < -0.39 is 0 Å². The van der Waals surface area contributed by atoms with Gasteiger partial charge in [0.25, 0.3) is 0 Å². The second-order valence-corrected chi connectivity index (χ2v) is 6.13. The van der Waals surface area contributed by atoms with Gasteiger partial charge in [0.2, 0.25) is 0 Å². The van der Waals surface area contributed by atoms with Crippen molar-refractivity contribution in [2.45, 2.75) is 39.5 Å². The number of benzene rings is 1. The highest BCUT2D eigenvalue weighted by molar-refractivity contribution is 9.10. The minimum Gasteiger partial charge on any atom is -0.372 e. The van der Waals surface area contributed by atoms with Crippen molar-refractivity contribution in [1.82, 2.24) is 5.32 Å². The molecule has 0 radical (unpaired) electrons. The van der Waals surface area contributed by atoms with E-state index in [4.69, 9.17) is 4.74 Å². The third-order valence-corrected chi connectivity index (χ3v) is 3.87. The Morgan fingerprint density at radius 3 is 2.63 bits per heavy atom. The molecule has 2 unspecified atom stereocenters. The molecule has 1 aromatic rings. The summed E-state index contributed by atoms with van der Waals surface area (Å²) in [5.41, 5.74) is 2.67. The van der Waals surface area contributed by atoms with Crippen molar-refractivity contribution in [3.05, 3.63) is 28.2 Å². The van der Waals surface area contributed by atoms with Crippen molar-refractivity contribution in [3.8, 4) is 0 Å². The molecule has 0 spiro atoms. The lowest BCUT2D eigenvalue weighted by Crippen LogP contribution is -2.46. The largest absolute Gasteiger partial charge is 0.372 e. The van der Waals surface area contributed by atoms with Gasteiger partial charge in [0.05, 0.1) is 12.2 Å². The number of hydrogen-bond acceptors (Lipinski definition) is 3. The number of ether oxygens (including phenoxy) is 1. The maximum Gasteiger partial charge on any atom is 0.0726 e. The van der Waals surface area contributed by atoms with Gasteiger partial charge in [0.1, 0.15) is 0 Å². The van der Waals surface area contributed by atoms with Gasteiger partial charge in [-0.25, -0.2) is 0 Å². The van der Waals surface area contributed by atoms with Gasteiger partial charge < -0.3 is 15.0 Å². The fourth-order valence-corrected chi connectivity index (χ4v) is 2.96. The van der Waals surface area contributed by atoms with Crippen LogP contribution >= 0.6 is 15.9 Å². The summed E-state index contributed by atoms with van der Waals surface area (Å²) in [6.45, 7) is 10.2. The standard InChI is InChI=1S/C15H23BrN2O/c1-4-17-8-13-5-6-14(16)7-15(13)18-9-11(2)19-12(3)10-18/h5-7,11-12,17H,4,8-10H2,1-3H3. The van der Waals surface area contributed by atoms with Crippen LogP contribution in [-0.2, 0) is 11.3 Å². The zero-order valence-corrected chi connectivity index (χ0v) is 13.5. The Morgan fingerprint density at radius 1 is 1.32 bits per heavy atom. The van der Waals surface area contributed by atoms with Gasteiger partial charge in [-0.3, -0.25) is 0 Å². The van der Waals surface area contributed by atoms with Crippen molar-refractivity contribution >= 4 is 21.6 Å². The van der Waals surface area contributed by atoms with Crippen molar-refractivity contribution < 1.29 is 4.74 Å². The average Bonchev–Trinajstić information content (AvgIpc) is 2.36. The molecule has 1 aliphatic heterocycles. The van der Waals surface area contributed by atoms with Crippen LogP contribution in [0.4, 0.5) is 5.69 Å². The maximum absolute atomic E-state index is 5.82. The minimum absolute atomic E-state index is 0.287. The predicted molar refractivity (Wildman–Crippen MR) is 83.7 cm³/mol. The van der Waals surface area contributed by atoms with E-state index in [1.807, 2.05) is 0 Å². The van der Waals surface area contributed by atoms with E-state index in [0.29, 0.717) is 0 Å². The molecule has 3 nitrogen and oxygen atoms in total. The Balaban J connectivity index is 2.23. The first-order valence-electron chi connectivity index (χ1n) is 6.99. The Morgan fingerprint density at radius 2 is 2.00 bits per heavy atom. The smallest absolute Gasteiger partial charge is 0.0726 e. The van der Waals surface area contributed by atoms with Crippen LogP contribution in [0, 0.1) is 0 Å². The van der Waals surface area contributed by atoms with Crippen LogP contribution in [0.5, 0.6) is 0 Å². The van der Waals surface area contributed by atoms with Crippen LogP contribution in [-0.4, -0.2) is 31.8 Å². The Kier molecular flexibility index (Phi) is 5.25. The molecule has 1 heterocycles. The monoisotopic (exact) mass is 326 g/mol. The molecule has 4 heteroatoms. The molecule has 0 aliphatic carbocycles. The van der Waals surface area contributed by atoms with E-state index in [1.54, 1.807) is 0 Å². The number of morpholine rings is 1. The highest BCUT2D eigenvalue weighted by Crippen LogP contribution is 2.28. The Bertz CT molecular complexity index is 415. The van der Waals surface area contributed by atoms with Crippen molar-refractivity contribution in [2.24, 2.45) is 0 Å². The molecule has 1 fully saturated rings. The fraction of sp³-hybridized carbons (Fsp3) is 0.600. The van der Waals surface area contributed by atoms with E-state index in [0.717, 1.165) is 30.7 Å². The lowest BCUT2D eigenvalue weighted by Gasteiger charge is -2.38. The quantitative estimate of drug-likeness (QED) is 0.919. The van der Waals surface area contributed by atoms with Gasteiger partial charge in [0, 0.05) is 29.8 Å². The first kappa shape index (κ1) is 14.8. The van der Waals surface area contributed by atoms with Crippen molar-refractivity contribution in [2.75, 3.05) is 24.5 Å². The number of halogens is 1. The molecule has 19 heavy (non-hydrogen) atoms. The lowest BCUT2D eigenvalue weighted by atomic mass is 10.1. The summed E-state index contributed by atoms with van der Waals surface area (Å²) >= 11 is 3.58. The molecule has 0 bridgehead atoms. The Hall–Kier alpha value is -0.580. The number of nitrogens with one attached hydrogen (secondary N) is 1. The average molecular weight is 327 g/mol. The number of hydrogen-bond donors (Lipinski definition) is 1. The highest BCUT2D eigenvalue weighted by atomic mass is 79.9. The van der Waals surface area contributed by atoms with Gasteiger partial charge in [-0.2, -0.15) is 0 Å². The van der Waals surface area contributed by atoms with Crippen molar-refractivity contribution in [3.63, 3.8) is 0 Å². The second-order valence-electron chi connectivity index (χ2n) is 5.22. The SMILES string of the molecule is CCNCc1ccc(Br)cc1N1CC(C)OC(C)C1. The topological polar surface area (TPSA) is 24.5 Å². The first-order chi connectivity index (χ1) is 9.10. The fourth-order valence-electron chi connectivity index (χ4n) is 2.62. The lowest BCUT2D eigenvalue weighted by molar-refractivity contribution is -0.00526. The summed E-state index contributed by atoms with van der Waals surface area (Å²) in [6, 6.07) is 6.54. The summed E-state index contributed by atoms with van der Waals surface area (Å²) in [5, 5.41) is 3.41. The molecule has 1 aliphatic rings. The minimum atomic E-state index is 0.287. The van der Waals surface area contributed by atoms with Gasteiger partial charge in [-0.05, 0) is 38.1 Å². The van der Waals surface area contributed by atoms with Gasteiger partial charge >= 0.3 is 0 Å². The summed E-state index contributed by atoms with van der Waals surface area (Å²) in [5.74, 6) is 0. The van der Waals surface area contributed by atoms with E-state index in [9.17, 15) is 0 Å².